The van der Waals surface area contributed by atoms with E-state index in [4.69, 9.17) is 0 Å². The Morgan fingerprint density at radius 2 is 1.89 bits per heavy atom. The van der Waals surface area contributed by atoms with Crippen LogP contribution in [0.25, 0.3) is 0 Å². The highest BCUT2D eigenvalue weighted by molar-refractivity contribution is 8.00. The van der Waals surface area contributed by atoms with Gasteiger partial charge < -0.3 is 9.88 Å². The molecule has 1 aromatic heterocycles. The Labute approximate surface area is 167 Å². The van der Waals surface area contributed by atoms with E-state index in [0.717, 1.165) is 22.8 Å². The lowest BCUT2D eigenvalue weighted by Crippen LogP contribution is -2.43. The van der Waals surface area contributed by atoms with Crippen LogP contribution in [-0.2, 0) is 4.79 Å². The van der Waals surface area contributed by atoms with Crippen molar-refractivity contribution >= 4 is 17.7 Å². The fraction of sp³-hybridized carbons (Fsp3) is 0.857. The lowest BCUT2D eigenvalue weighted by Gasteiger charge is -2.29. The highest BCUT2D eigenvalue weighted by Gasteiger charge is 2.42. The smallest absolute Gasteiger partial charge is 0.233 e. The molecule has 3 saturated carbocycles. The Balaban J connectivity index is 1.36. The van der Waals surface area contributed by atoms with E-state index in [-0.39, 0.29) is 17.2 Å². The van der Waals surface area contributed by atoms with E-state index in [1.54, 1.807) is 11.8 Å². The highest BCUT2D eigenvalue weighted by Crippen LogP contribution is 2.49. The van der Waals surface area contributed by atoms with Gasteiger partial charge in [-0.1, -0.05) is 37.4 Å². The summed E-state index contributed by atoms with van der Waals surface area (Å²) in [5.74, 6) is 3.56. The van der Waals surface area contributed by atoms with E-state index in [1.807, 2.05) is 13.8 Å². The fourth-order valence-electron chi connectivity index (χ4n) is 5.76. The van der Waals surface area contributed by atoms with Crippen molar-refractivity contribution in [2.45, 2.75) is 101 Å². The maximum Gasteiger partial charge on any atom is 0.233 e. The molecule has 2 bridgehead atoms. The molecular weight excluding hydrogens is 356 g/mol. The van der Waals surface area contributed by atoms with E-state index in [0.29, 0.717) is 12.0 Å². The summed E-state index contributed by atoms with van der Waals surface area (Å²) in [5, 5.41) is 12.8. The number of nitrogens with one attached hydrogen (secondary N) is 1. The third-order valence-corrected chi connectivity index (χ3v) is 8.29. The first-order valence-electron chi connectivity index (χ1n) is 10.9. The molecule has 27 heavy (non-hydrogen) atoms. The SMILES string of the molecule is Cc1nnc(SC(C)C(=O)NC(C)C2CC3CCC2C3)n1C1CCCCC1. The van der Waals surface area contributed by atoms with Crippen LogP contribution in [0.4, 0.5) is 0 Å². The van der Waals surface area contributed by atoms with Crippen molar-refractivity contribution < 1.29 is 4.79 Å². The van der Waals surface area contributed by atoms with Crippen LogP contribution in [0.15, 0.2) is 5.16 Å². The molecule has 5 atom stereocenters. The lowest BCUT2D eigenvalue weighted by molar-refractivity contribution is -0.121. The number of thioether (sulfide) groups is 1. The number of fused-ring (bicyclic) bond motifs is 2. The summed E-state index contributed by atoms with van der Waals surface area (Å²) in [4.78, 5) is 12.8. The average molecular weight is 391 g/mol. The summed E-state index contributed by atoms with van der Waals surface area (Å²) >= 11 is 1.57. The van der Waals surface area contributed by atoms with Crippen LogP contribution in [0.1, 0.15) is 83.5 Å². The summed E-state index contributed by atoms with van der Waals surface area (Å²) in [6.07, 6.45) is 11.8. The van der Waals surface area contributed by atoms with Gasteiger partial charge in [-0.05, 0) is 70.6 Å². The van der Waals surface area contributed by atoms with Crippen LogP contribution in [0.2, 0.25) is 0 Å². The van der Waals surface area contributed by atoms with Gasteiger partial charge in [-0.2, -0.15) is 0 Å². The monoisotopic (exact) mass is 390 g/mol. The Morgan fingerprint density at radius 3 is 2.56 bits per heavy atom. The third-order valence-electron chi connectivity index (χ3n) is 7.23. The molecule has 0 saturated heterocycles. The minimum Gasteiger partial charge on any atom is -0.352 e. The van der Waals surface area contributed by atoms with E-state index >= 15 is 0 Å². The molecule has 0 aliphatic heterocycles. The Morgan fingerprint density at radius 1 is 1.11 bits per heavy atom. The van der Waals surface area contributed by atoms with Gasteiger partial charge in [-0.3, -0.25) is 4.79 Å². The number of hydrogen-bond donors (Lipinski definition) is 1. The van der Waals surface area contributed by atoms with Gasteiger partial charge in [0.2, 0.25) is 5.91 Å². The zero-order valence-electron chi connectivity index (χ0n) is 17.0. The lowest BCUT2D eigenvalue weighted by atomic mass is 9.84. The summed E-state index contributed by atoms with van der Waals surface area (Å²) in [5.41, 5.74) is 0. The minimum atomic E-state index is -0.142. The first-order chi connectivity index (χ1) is 13.0. The Kier molecular flexibility index (Phi) is 5.81. The first kappa shape index (κ1) is 19.3. The molecule has 0 spiro atoms. The standard InChI is InChI=1S/C21H34N4OS/c1-13(19-12-16-9-10-17(19)11-16)22-20(26)14(2)27-21-24-23-15(3)25(21)18-7-5-4-6-8-18/h13-14,16-19H,4-12H2,1-3H3,(H,22,26). The summed E-state index contributed by atoms with van der Waals surface area (Å²) in [6.45, 7) is 6.24. The number of carbonyl (C=O) groups is 1. The first-order valence-corrected chi connectivity index (χ1v) is 11.8. The van der Waals surface area contributed by atoms with Gasteiger partial charge in [-0.25, -0.2) is 0 Å². The van der Waals surface area contributed by atoms with Crippen molar-refractivity contribution in [2.24, 2.45) is 17.8 Å². The van der Waals surface area contributed by atoms with Crippen molar-refractivity contribution in [3.63, 3.8) is 0 Å². The molecule has 1 aromatic rings. The topological polar surface area (TPSA) is 59.8 Å². The molecule has 1 amide bonds. The van der Waals surface area contributed by atoms with E-state index in [1.165, 1.54) is 57.8 Å². The van der Waals surface area contributed by atoms with Gasteiger partial charge in [0.15, 0.2) is 5.16 Å². The van der Waals surface area contributed by atoms with E-state index in [2.05, 4.69) is 27.0 Å². The molecule has 1 heterocycles. The second-order valence-corrected chi connectivity index (χ2v) is 10.4. The average Bonchev–Trinajstić information content (AvgIpc) is 3.38. The molecule has 3 fully saturated rings. The van der Waals surface area contributed by atoms with E-state index in [9.17, 15) is 4.79 Å². The third kappa shape index (κ3) is 4.06. The quantitative estimate of drug-likeness (QED) is 0.726. The van der Waals surface area contributed by atoms with Crippen molar-refractivity contribution in [3.05, 3.63) is 5.82 Å². The van der Waals surface area contributed by atoms with E-state index < -0.39 is 0 Å². The number of aryl methyl sites for hydroxylation is 1. The molecule has 5 nitrogen and oxygen atoms in total. The van der Waals surface area contributed by atoms with Crippen LogP contribution in [-0.4, -0.2) is 32.0 Å². The molecule has 3 aliphatic carbocycles. The predicted molar refractivity (Wildman–Crippen MR) is 109 cm³/mol. The summed E-state index contributed by atoms with van der Waals surface area (Å²) in [7, 11) is 0. The fourth-order valence-corrected chi connectivity index (χ4v) is 6.73. The molecule has 150 valence electrons. The van der Waals surface area contributed by atoms with Gasteiger partial charge in [0.1, 0.15) is 5.82 Å². The maximum atomic E-state index is 12.8. The zero-order valence-corrected chi connectivity index (χ0v) is 17.8. The van der Waals surface area contributed by atoms with Crippen molar-refractivity contribution in [1.82, 2.24) is 20.1 Å². The Hall–Kier alpha value is -1.04. The van der Waals surface area contributed by atoms with Gasteiger partial charge in [0.05, 0.1) is 5.25 Å². The summed E-state index contributed by atoms with van der Waals surface area (Å²) in [6, 6.07) is 0.785. The molecule has 1 N–H and O–H groups in total. The van der Waals surface area contributed by atoms with Gasteiger partial charge in [0.25, 0.3) is 0 Å². The van der Waals surface area contributed by atoms with Gasteiger partial charge >= 0.3 is 0 Å². The molecule has 6 heteroatoms. The van der Waals surface area contributed by atoms with Crippen LogP contribution >= 0.6 is 11.8 Å². The number of aromatic nitrogens is 3. The normalized spacial score (nSPS) is 30.4. The molecule has 3 aliphatic rings. The molecule has 4 rings (SSSR count). The number of rotatable bonds is 6. The molecule has 0 aromatic carbocycles. The second-order valence-electron chi connectivity index (χ2n) is 9.09. The van der Waals surface area contributed by atoms with Crippen LogP contribution < -0.4 is 5.32 Å². The Bertz CT molecular complexity index is 669. The largest absolute Gasteiger partial charge is 0.352 e. The predicted octanol–water partition coefficient (Wildman–Crippen LogP) is 4.51. The van der Waals surface area contributed by atoms with Crippen molar-refractivity contribution in [3.8, 4) is 0 Å². The number of carbonyl (C=O) groups excluding carboxylic acids is 1. The number of hydrogen-bond acceptors (Lipinski definition) is 4. The molecule has 0 radical (unpaired) electrons. The van der Waals surface area contributed by atoms with Crippen molar-refractivity contribution in [2.75, 3.05) is 0 Å². The van der Waals surface area contributed by atoms with Gasteiger partial charge in [0, 0.05) is 12.1 Å². The van der Waals surface area contributed by atoms with Crippen LogP contribution in [0, 0.1) is 24.7 Å². The van der Waals surface area contributed by atoms with Crippen molar-refractivity contribution in [1.29, 1.82) is 0 Å². The highest BCUT2D eigenvalue weighted by atomic mass is 32.2. The van der Waals surface area contributed by atoms with Gasteiger partial charge in [-0.15, -0.1) is 10.2 Å². The zero-order chi connectivity index (χ0) is 19.0. The van der Waals surface area contributed by atoms with Crippen LogP contribution in [0.5, 0.6) is 0 Å². The number of amides is 1. The molecule has 5 unspecified atom stereocenters. The number of nitrogens with zero attached hydrogens (tertiary/aromatic N) is 3. The second kappa shape index (κ2) is 8.14. The molecular formula is C21H34N4OS. The summed E-state index contributed by atoms with van der Waals surface area (Å²) < 4.78 is 2.28. The maximum absolute atomic E-state index is 12.8. The van der Waals surface area contributed by atoms with Crippen LogP contribution in [0.3, 0.4) is 0 Å². The minimum absolute atomic E-state index is 0.142.